The highest BCUT2D eigenvalue weighted by Crippen LogP contribution is 2.21. The van der Waals surface area contributed by atoms with Gasteiger partial charge in [0.2, 0.25) is 12.3 Å². The van der Waals surface area contributed by atoms with Gasteiger partial charge in [-0.3, -0.25) is 0 Å². The van der Waals surface area contributed by atoms with Gasteiger partial charge < -0.3 is 13.9 Å². The Bertz CT molecular complexity index is 449. The molecule has 16 heavy (non-hydrogen) atoms. The molecule has 1 aliphatic rings. The van der Waals surface area contributed by atoms with E-state index >= 15 is 0 Å². The number of ether oxygens (including phenoxy) is 2. The molecule has 3 rings (SSSR count). The Hall–Kier alpha value is -1.88. The fourth-order valence-electron chi connectivity index (χ4n) is 1.35. The summed E-state index contributed by atoms with van der Waals surface area (Å²) in [5.41, 5.74) is 0.882. The average molecular weight is 218 g/mol. The fraction of sp³-hybridized carbons (Fsp3) is 0.273. The van der Waals surface area contributed by atoms with Crippen molar-refractivity contribution in [2.45, 2.75) is 6.10 Å². The van der Waals surface area contributed by atoms with Crippen LogP contribution in [0.4, 0.5) is 0 Å². The highest BCUT2D eigenvalue weighted by molar-refractivity contribution is 5.53. The third kappa shape index (κ3) is 2.04. The minimum Gasteiger partial charge on any atom is -0.491 e. The van der Waals surface area contributed by atoms with Crippen molar-refractivity contribution in [1.29, 1.82) is 0 Å². The van der Waals surface area contributed by atoms with Crippen LogP contribution >= 0.6 is 0 Å². The molecule has 1 aromatic carbocycles. The van der Waals surface area contributed by atoms with Crippen LogP contribution < -0.4 is 4.74 Å². The maximum absolute atomic E-state index is 5.51. The first-order chi connectivity index (χ1) is 7.92. The minimum atomic E-state index is 0.274. The predicted molar refractivity (Wildman–Crippen MR) is 55.0 cm³/mol. The van der Waals surface area contributed by atoms with Crippen molar-refractivity contribution in [3.05, 3.63) is 30.7 Å². The summed E-state index contributed by atoms with van der Waals surface area (Å²) in [6.07, 6.45) is 1.58. The Kier molecular flexibility index (Phi) is 2.30. The summed E-state index contributed by atoms with van der Waals surface area (Å²) in [5.74, 6) is 1.33. The van der Waals surface area contributed by atoms with Crippen LogP contribution in [0.5, 0.6) is 5.75 Å². The summed E-state index contributed by atoms with van der Waals surface area (Å²) >= 11 is 0. The molecule has 0 aliphatic carbocycles. The SMILES string of the molecule is c1nnc(-c2ccc(OCC3CO3)cc2)o1. The minimum absolute atomic E-state index is 0.274. The molecule has 1 unspecified atom stereocenters. The van der Waals surface area contributed by atoms with Crippen molar-refractivity contribution in [3.63, 3.8) is 0 Å². The second-order valence-electron chi connectivity index (χ2n) is 3.53. The third-order valence-electron chi connectivity index (χ3n) is 2.30. The third-order valence-corrected chi connectivity index (χ3v) is 2.30. The maximum atomic E-state index is 5.51. The first kappa shape index (κ1) is 9.35. The number of hydrogen-bond acceptors (Lipinski definition) is 5. The Labute approximate surface area is 92.0 Å². The van der Waals surface area contributed by atoms with E-state index in [4.69, 9.17) is 13.9 Å². The summed E-state index contributed by atoms with van der Waals surface area (Å²) in [7, 11) is 0. The number of benzene rings is 1. The Morgan fingerprint density at radius 2 is 2.12 bits per heavy atom. The van der Waals surface area contributed by atoms with Crippen LogP contribution in [0.15, 0.2) is 35.1 Å². The van der Waals surface area contributed by atoms with Gasteiger partial charge in [0.15, 0.2) is 0 Å². The van der Waals surface area contributed by atoms with E-state index in [1.807, 2.05) is 24.3 Å². The van der Waals surface area contributed by atoms with Crippen LogP contribution in [0.25, 0.3) is 11.5 Å². The van der Waals surface area contributed by atoms with Gasteiger partial charge in [0, 0.05) is 5.56 Å². The van der Waals surface area contributed by atoms with E-state index in [9.17, 15) is 0 Å². The van der Waals surface area contributed by atoms with E-state index in [1.165, 1.54) is 6.39 Å². The van der Waals surface area contributed by atoms with Crippen LogP contribution in [-0.4, -0.2) is 29.5 Å². The average Bonchev–Trinajstić information content (AvgIpc) is 3.00. The highest BCUT2D eigenvalue weighted by Gasteiger charge is 2.22. The Morgan fingerprint density at radius 1 is 1.31 bits per heavy atom. The molecular formula is C11H10N2O3. The van der Waals surface area contributed by atoms with Crippen LogP contribution in [-0.2, 0) is 4.74 Å². The van der Waals surface area contributed by atoms with Crippen molar-refractivity contribution >= 4 is 0 Å². The van der Waals surface area contributed by atoms with Gasteiger partial charge in [-0.05, 0) is 24.3 Å². The summed E-state index contributed by atoms with van der Waals surface area (Å²) in [5, 5.41) is 7.45. The molecule has 1 aliphatic heterocycles. The molecule has 0 amide bonds. The molecule has 0 saturated carbocycles. The molecule has 1 fully saturated rings. The molecule has 5 nitrogen and oxygen atoms in total. The Morgan fingerprint density at radius 3 is 2.75 bits per heavy atom. The van der Waals surface area contributed by atoms with E-state index < -0.39 is 0 Å². The lowest BCUT2D eigenvalue weighted by atomic mass is 10.2. The molecule has 2 aromatic rings. The van der Waals surface area contributed by atoms with Gasteiger partial charge in [-0.1, -0.05) is 0 Å². The molecule has 1 saturated heterocycles. The topological polar surface area (TPSA) is 60.7 Å². The number of rotatable bonds is 4. The van der Waals surface area contributed by atoms with E-state index in [0.717, 1.165) is 17.9 Å². The smallest absolute Gasteiger partial charge is 0.247 e. The predicted octanol–water partition coefficient (Wildman–Crippen LogP) is 1.51. The fourth-order valence-corrected chi connectivity index (χ4v) is 1.35. The number of nitrogens with zero attached hydrogens (tertiary/aromatic N) is 2. The lowest BCUT2D eigenvalue weighted by molar-refractivity contribution is 0.263. The standard InChI is InChI=1S/C11H10N2O3/c1-3-9(14-5-10-6-15-10)4-2-8(1)11-13-12-7-16-11/h1-4,7,10H,5-6H2. The molecule has 0 spiro atoms. The zero-order valence-corrected chi connectivity index (χ0v) is 8.50. The van der Waals surface area contributed by atoms with Gasteiger partial charge in [0.1, 0.15) is 18.5 Å². The second-order valence-corrected chi connectivity index (χ2v) is 3.53. The summed E-state index contributed by atoms with van der Waals surface area (Å²) < 4.78 is 15.6. The van der Waals surface area contributed by atoms with Crippen LogP contribution in [0.2, 0.25) is 0 Å². The monoisotopic (exact) mass is 218 g/mol. The van der Waals surface area contributed by atoms with Crippen LogP contribution in [0, 0.1) is 0 Å². The van der Waals surface area contributed by atoms with Crippen molar-refractivity contribution < 1.29 is 13.9 Å². The van der Waals surface area contributed by atoms with Crippen molar-refractivity contribution in [2.75, 3.05) is 13.2 Å². The molecule has 1 aromatic heterocycles. The van der Waals surface area contributed by atoms with E-state index in [0.29, 0.717) is 12.5 Å². The molecule has 2 heterocycles. The zero-order chi connectivity index (χ0) is 10.8. The molecule has 0 radical (unpaired) electrons. The molecule has 82 valence electrons. The number of epoxide rings is 1. The van der Waals surface area contributed by atoms with Gasteiger partial charge in [-0.25, -0.2) is 0 Å². The Balaban J connectivity index is 1.69. The van der Waals surface area contributed by atoms with Gasteiger partial charge in [-0.15, -0.1) is 10.2 Å². The van der Waals surface area contributed by atoms with Gasteiger partial charge in [0.25, 0.3) is 0 Å². The summed E-state index contributed by atoms with van der Waals surface area (Å²) in [6, 6.07) is 7.52. The largest absolute Gasteiger partial charge is 0.491 e. The van der Waals surface area contributed by atoms with Gasteiger partial charge in [0.05, 0.1) is 6.61 Å². The molecular weight excluding hydrogens is 208 g/mol. The van der Waals surface area contributed by atoms with Crippen molar-refractivity contribution in [2.24, 2.45) is 0 Å². The van der Waals surface area contributed by atoms with E-state index in [-0.39, 0.29) is 6.10 Å². The lowest BCUT2D eigenvalue weighted by Crippen LogP contribution is -2.03. The van der Waals surface area contributed by atoms with Crippen LogP contribution in [0.3, 0.4) is 0 Å². The van der Waals surface area contributed by atoms with E-state index in [1.54, 1.807) is 0 Å². The first-order valence-electron chi connectivity index (χ1n) is 5.03. The van der Waals surface area contributed by atoms with Gasteiger partial charge >= 0.3 is 0 Å². The number of aromatic nitrogens is 2. The van der Waals surface area contributed by atoms with Crippen molar-refractivity contribution in [1.82, 2.24) is 10.2 Å². The van der Waals surface area contributed by atoms with Crippen molar-refractivity contribution in [3.8, 4) is 17.2 Å². The molecule has 5 heteroatoms. The maximum Gasteiger partial charge on any atom is 0.247 e. The van der Waals surface area contributed by atoms with Gasteiger partial charge in [-0.2, -0.15) is 0 Å². The normalized spacial score (nSPS) is 18.4. The zero-order valence-electron chi connectivity index (χ0n) is 8.50. The summed E-state index contributed by atoms with van der Waals surface area (Å²) in [4.78, 5) is 0. The lowest BCUT2D eigenvalue weighted by Gasteiger charge is -2.03. The molecule has 0 N–H and O–H groups in total. The molecule has 1 atom stereocenters. The highest BCUT2D eigenvalue weighted by atomic mass is 16.6. The number of hydrogen-bond donors (Lipinski definition) is 0. The summed E-state index contributed by atoms with van der Waals surface area (Å²) in [6.45, 7) is 1.42. The second kappa shape index (κ2) is 3.94. The quantitative estimate of drug-likeness (QED) is 0.728. The first-order valence-corrected chi connectivity index (χ1v) is 5.03. The molecule has 0 bridgehead atoms. The van der Waals surface area contributed by atoms with Crippen LogP contribution in [0.1, 0.15) is 0 Å². The van der Waals surface area contributed by atoms with E-state index in [2.05, 4.69) is 10.2 Å².